The van der Waals surface area contributed by atoms with Crippen LogP contribution in [-0.4, -0.2) is 26.6 Å². The number of nitro groups is 1. The predicted molar refractivity (Wildman–Crippen MR) is 78.3 cm³/mol. The standard InChI is InChI=1S/C11H11N5O2S2/c1-3-4-12-10-14-15-11(20-10)19-9-7(2)5-8(6-13-9)16(17)18/h3,5-6H,1,4H2,2H3,(H,12,14). The van der Waals surface area contributed by atoms with Crippen molar-refractivity contribution in [1.29, 1.82) is 0 Å². The van der Waals surface area contributed by atoms with Gasteiger partial charge in [-0.25, -0.2) is 4.98 Å². The first-order valence-electron chi connectivity index (χ1n) is 5.57. The molecule has 0 saturated heterocycles. The SMILES string of the molecule is C=CCNc1nnc(Sc2ncc([N+](=O)[O-])cc2C)s1. The van der Waals surface area contributed by atoms with Crippen molar-refractivity contribution in [2.45, 2.75) is 16.3 Å². The van der Waals surface area contributed by atoms with E-state index < -0.39 is 4.92 Å². The van der Waals surface area contributed by atoms with Gasteiger partial charge in [0.05, 0.1) is 4.92 Å². The lowest BCUT2D eigenvalue weighted by molar-refractivity contribution is -0.385. The third-order valence-electron chi connectivity index (χ3n) is 2.21. The van der Waals surface area contributed by atoms with Gasteiger partial charge in [-0.05, 0) is 24.2 Å². The average molecular weight is 309 g/mol. The van der Waals surface area contributed by atoms with Crippen LogP contribution in [0.2, 0.25) is 0 Å². The van der Waals surface area contributed by atoms with Crippen molar-refractivity contribution >= 4 is 33.9 Å². The fourth-order valence-corrected chi connectivity index (χ4v) is 3.02. The van der Waals surface area contributed by atoms with Crippen LogP contribution in [0.3, 0.4) is 0 Å². The first-order valence-corrected chi connectivity index (χ1v) is 7.20. The molecule has 9 heteroatoms. The average Bonchev–Trinajstić information content (AvgIpc) is 2.86. The second-order valence-electron chi connectivity index (χ2n) is 3.72. The normalized spacial score (nSPS) is 10.2. The second-order valence-corrected chi connectivity index (χ2v) is 5.93. The van der Waals surface area contributed by atoms with Gasteiger partial charge in [0.2, 0.25) is 5.13 Å². The Morgan fingerprint density at radius 1 is 1.60 bits per heavy atom. The zero-order chi connectivity index (χ0) is 14.5. The van der Waals surface area contributed by atoms with E-state index in [9.17, 15) is 10.1 Å². The molecule has 0 unspecified atom stereocenters. The van der Waals surface area contributed by atoms with Crippen LogP contribution in [0.5, 0.6) is 0 Å². The first-order chi connectivity index (χ1) is 9.60. The summed E-state index contributed by atoms with van der Waals surface area (Å²) in [6, 6.07) is 1.49. The van der Waals surface area contributed by atoms with Crippen molar-refractivity contribution in [2.75, 3.05) is 11.9 Å². The number of aryl methyl sites for hydroxylation is 1. The lowest BCUT2D eigenvalue weighted by atomic mass is 10.3. The number of nitrogens with one attached hydrogen (secondary N) is 1. The molecule has 0 bridgehead atoms. The van der Waals surface area contributed by atoms with Gasteiger partial charge in [-0.3, -0.25) is 10.1 Å². The molecule has 0 fully saturated rings. The van der Waals surface area contributed by atoms with Crippen LogP contribution in [0.25, 0.3) is 0 Å². The van der Waals surface area contributed by atoms with Crippen LogP contribution in [0.4, 0.5) is 10.8 Å². The Balaban J connectivity index is 2.11. The van der Waals surface area contributed by atoms with E-state index in [4.69, 9.17) is 0 Å². The zero-order valence-electron chi connectivity index (χ0n) is 10.6. The molecule has 0 amide bonds. The van der Waals surface area contributed by atoms with E-state index >= 15 is 0 Å². The van der Waals surface area contributed by atoms with Crippen molar-refractivity contribution in [1.82, 2.24) is 15.2 Å². The molecule has 0 aromatic carbocycles. The van der Waals surface area contributed by atoms with Gasteiger partial charge in [0, 0.05) is 12.6 Å². The summed E-state index contributed by atoms with van der Waals surface area (Å²) in [5.41, 5.74) is 0.720. The molecular formula is C11H11N5O2S2. The van der Waals surface area contributed by atoms with E-state index in [2.05, 4.69) is 27.1 Å². The molecule has 0 spiro atoms. The van der Waals surface area contributed by atoms with Gasteiger partial charge in [-0.1, -0.05) is 17.4 Å². The molecule has 20 heavy (non-hydrogen) atoms. The first kappa shape index (κ1) is 14.4. The molecule has 0 saturated carbocycles. The van der Waals surface area contributed by atoms with E-state index in [-0.39, 0.29) is 5.69 Å². The van der Waals surface area contributed by atoms with Gasteiger partial charge in [0.1, 0.15) is 11.2 Å². The van der Waals surface area contributed by atoms with E-state index in [0.717, 1.165) is 9.90 Å². The lowest BCUT2D eigenvalue weighted by Gasteiger charge is -2.00. The fourth-order valence-electron chi connectivity index (χ4n) is 1.32. The van der Waals surface area contributed by atoms with Crippen LogP contribution in [0.1, 0.15) is 5.56 Å². The molecular weight excluding hydrogens is 298 g/mol. The monoisotopic (exact) mass is 309 g/mol. The van der Waals surface area contributed by atoms with Crippen molar-refractivity contribution in [3.63, 3.8) is 0 Å². The Morgan fingerprint density at radius 3 is 3.05 bits per heavy atom. The largest absolute Gasteiger partial charge is 0.357 e. The smallest absolute Gasteiger partial charge is 0.287 e. The molecule has 2 rings (SSSR count). The Morgan fingerprint density at radius 2 is 2.40 bits per heavy atom. The van der Waals surface area contributed by atoms with Crippen molar-refractivity contribution < 1.29 is 4.92 Å². The summed E-state index contributed by atoms with van der Waals surface area (Å²) in [7, 11) is 0. The number of pyridine rings is 1. The highest BCUT2D eigenvalue weighted by molar-refractivity contribution is 8.01. The maximum Gasteiger partial charge on any atom is 0.287 e. The summed E-state index contributed by atoms with van der Waals surface area (Å²) < 4.78 is 0.723. The van der Waals surface area contributed by atoms with Gasteiger partial charge in [0.25, 0.3) is 5.69 Å². The highest BCUT2D eigenvalue weighted by atomic mass is 32.2. The van der Waals surface area contributed by atoms with Gasteiger partial charge in [-0.2, -0.15) is 0 Å². The number of aromatic nitrogens is 3. The fraction of sp³-hybridized carbons (Fsp3) is 0.182. The number of hydrogen-bond acceptors (Lipinski definition) is 8. The molecule has 0 aliphatic heterocycles. The summed E-state index contributed by atoms with van der Waals surface area (Å²) in [5.74, 6) is 0. The third-order valence-corrected chi connectivity index (χ3v) is 4.27. The summed E-state index contributed by atoms with van der Waals surface area (Å²) >= 11 is 2.73. The quantitative estimate of drug-likeness (QED) is 0.498. The number of rotatable bonds is 6. The van der Waals surface area contributed by atoms with Crippen LogP contribution < -0.4 is 5.32 Å². The topological polar surface area (TPSA) is 93.8 Å². The molecule has 0 aliphatic rings. The summed E-state index contributed by atoms with van der Waals surface area (Å²) in [6.45, 7) is 6.01. The molecule has 0 atom stereocenters. The molecule has 0 aliphatic carbocycles. The lowest BCUT2D eigenvalue weighted by Crippen LogP contribution is -1.96. The molecule has 7 nitrogen and oxygen atoms in total. The van der Waals surface area contributed by atoms with E-state index in [0.29, 0.717) is 16.7 Å². The number of nitrogens with zero attached hydrogens (tertiary/aromatic N) is 4. The van der Waals surface area contributed by atoms with Gasteiger partial charge in [-0.15, -0.1) is 16.8 Å². The third kappa shape index (κ3) is 3.52. The Labute approximate surface area is 123 Å². The van der Waals surface area contributed by atoms with Crippen LogP contribution in [-0.2, 0) is 0 Å². The van der Waals surface area contributed by atoms with Crippen LogP contribution in [0, 0.1) is 17.0 Å². The summed E-state index contributed by atoms with van der Waals surface area (Å²) in [5, 5.41) is 23.1. The van der Waals surface area contributed by atoms with E-state index in [1.54, 1.807) is 13.0 Å². The maximum absolute atomic E-state index is 10.6. The van der Waals surface area contributed by atoms with Crippen molar-refractivity contribution in [2.24, 2.45) is 0 Å². The minimum absolute atomic E-state index is 0.0162. The highest BCUT2D eigenvalue weighted by Gasteiger charge is 2.12. The predicted octanol–water partition coefficient (Wildman–Crippen LogP) is 2.90. The second kappa shape index (κ2) is 6.44. The highest BCUT2D eigenvalue weighted by Crippen LogP contribution is 2.33. The minimum Gasteiger partial charge on any atom is -0.357 e. The zero-order valence-corrected chi connectivity index (χ0v) is 12.2. The van der Waals surface area contributed by atoms with Crippen LogP contribution in [0.15, 0.2) is 34.3 Å². The molecule has 104 valence electrons. The Hall–Kier alpha value is -2.00. The Bertz CT molecular complexity index is 643. The number of hydrogen-bond donors (Lipinski definition) is 1. The summed E-state index contributed by atoms with van der Waals surface area (Å²) in [6.07, 6.45) is 2.98. The van der Waals surface area contributed by atoms with Crippen molar-refractivity contribution in [3.8, 4) is 0 Å². The molecule has 2 aromatic rings. The van der Waals surface area contributed by atoms with Gasteiger partial charge in [0.15, 0.2) is 4.34 Å². The van der Waals surface area contributed by atoms with Gasteiger partial charge < -0.3 is 5.32 Å². The minimum atomic E-state index is -0.462. The van der Waals surface area contributed by atoms with E-state index in [1.807, 2.05) is 0 Å². The van der Waals surface area contributed by atoms with Crippen LogP contribution >= 0.6 is 23.1 Å². The molecule has 2 aromatic heterocycles. The number of anilines is 1. The molecule has 0 radical (unpaired) electrons. The Kier molecular flexibility index (Phi) is 4.64. The maximum atomic E-state index is 10.6. The van der Waals surface area contributed by atoms with E-state index in [1.165, 1.54) is 35.4 Å². The summed E-state index contributed by atoms with van der Waals surface area (Å²) in [4.78, 5) is 14.3. The van der Waals surface area contributed by atoms with Crippen molar-refractivity contribution in [3.05, 3.63) is 40.6 Å². The van der Waals surface area contributed by atoms with Gasteiger partial charge >= 0.3 is 0 Å². The molecule has 1 N–H and O–H groups in total. The molecule has 2 heterocycles.